The number of hydrogen-bond donors (Lipinski definition) is 2. The van der Waals surface area contributed by atoms with Crippen molar-refractivity contribution in [2.45, 2.75) is 57.6 Å². The van der Waals surface area contributed by atoms with E-state index in [-0.39, 0.29) is 37.8 Å². The van der Waals surface area contributed by atoms with Gasteiger partial charge in [-0.25, -0.2) is 9.69 Å². The number of amides is 3. The lowest BCUT2D eigenvalue weighted by Crippen LogP contribution is -2.43. The molecule has 254 valence electrons. The van der Waals surface area contributed by atoms with Crippen molar-refractivity contribution in [2.24, 2.45) is 5.92 Å². The molecule has 0 radical (unpaired) electrons. The van der Waals surface area contributed by atoms with E-state index >= 15 is 0 Å². The molecule has 0 aromatic heterocycles. The fraction of sp³-hybridized carbons (Fsp3) is 0.308. The number of likely N-dealkylation sites (N-methyl/N-ethyl adjacent to an activating group) is 1. The predicted molar refractivity (Wildman–Crippen MR) is 183 cm³/mol. The van der Waals surface area contributed by atoms with Crippen LogP contribution >= 0.6 is 0 Å². The monoisotopic (exact) mass is 663 g/mol. The van der Waals surface area contributed by atoms with Crippen molar-refractivity contribution < 1.29 is 33.7 Å². The maximum atomic E-state index is 13.4. The molecule has 2 fully saturated rings. The second kappa shape index (κ2) is 15.6. The zero-order valence-corrected chi connectivity index (χ0v) is 27.6. The Kier molecular flexibility index (Phi) is 10.8. The number of aliphatic hydroxyl groups excluding tert-OH is 1. The second-order valence-corrected chi connectivity index (χ2v) is 12.6. The number of hydrogen-bond acceptors (Lipinski definition) is 8. The number of rotatable bonds is 11. The summed E-state index contributed by atoms with van der Waals surface area (Å²) in [6, 6.07) is 33.1. The van der Waals surface area contributed by atoms with Crippen LogP contribution in [0.2, 0.25) is 0 Å². The third kappa shape index (κ3) is 8.23. The summed E-state index contributed by atoms with van der Waals surface area (Å²) in [5, 5.41) is 12.1. The number of aliphatic hydroxyl groups is 1. The van der Waals surface area contributed by atoms with Gasteiger partial charge in [0.1, 0.15) is 12.6 Å². The molecule has 5 atom stereocenters. The van der Waals surface area contributed by atoms with Crippen LogP contribution in [0.15, 0.2) is 109 Å². The van der Waals surface area contributed by atoms with Crippen LogP contribution in [-0.4, -0.2) is 53.7 Å². The van der Waals surface area contributed by atoms with E-state index in [0.717, 1.165) is 28.1 Å². The molecule has 4 aromatic carbocycles. The Balaban J connectivity index is 1.18. The Morgan fingerprint density at radius 3 is 2.27 bits per heavy atom. The molecule has 2 aliphatic heterocycles. The van der Waals surface area contributed by atoms with Gasteiger partial charge in [0.05, 0.1) is 30.9 Å². The molecule has 0 saturated carbocycles. The van der Waals surface area contributed by atoms with Gasteiger partial charge >= 0.3 is 6.09 Å². The minimum absolute atomic E-state index is 0.0205. The standard InChI is InChI=1S/C39H41N3O7/c1-26-34(23-41(2)22-27-10-5-3-6-11-27)48-38(49-36(26)30-18-16-28(24-43)17-19-30)31-14-9-15-32(20-31)42-35(44)21-33(37(42)45)40-39(46)47-25-29-12-7-4-8-13-29/h3-20,26,33-34,36,38,43H,21-25H2,1-2H3,(H,40,46). The van der Waals surface area contributed by atoms with Crippen molar-refractivity contribution in [1.29, 1.82) is 0 Å². The van der Waals surface area contributed by atoms with Gasteiger partial charge in [0, 0.05) is 24.6 Å². The molecule has 10 nitrogen and oxygen atoms in total. The number of carbonyl (C=O) groups excluding carboxylic acids is 3. The molecule has 3 amide bonds. The van der Waals surface area contributed by atoms with Gasteiger partial charge in [0.2, 0.25) is 5.91 Å². The maximum Gasteiger partial charge on any atom is 0.408 e. The number of ether oxygens (including phenoxy) is 3. The van der Waals surface area contributed by atoms with E-state index in [1.54, 1.807) is 18.2 Å². The van der Waals surface area contributed by atoms with Crippen LogP contribution in [0.4, 0.5) is 10.5 Å². The van der Waals surface area contributed by atoms with Crippen LogP contribution in [0.1, 0.15) is 53.6 Å². The summed E-state index contributed by atoms with van der Waals surface area (Å²) < 4.78 is 18.5. The Morgan fingerprint density at radius 2 is 1.57 bits per heavy atom. The number of nitrogens with one attached hydrogen (secondary N) is 1. The Labute approximate surface area is 286 Å². The van der Waals surface area contributed by atoms with Crippen LogP contribution in [0.5, 0.6) is 0 Å². The first-order valence-electron chi connectivity index (χ1n) is 16.5. The second-order valence-electron chi connectivity index (χ2n) is 12.6. The number of nitrogens with zero attached hydrogens (tertiary/aromatic N) is 2. The number of carbonyl (C=O) groups is 3. The van der Waals surface area contributed by atoms with Gasteiger partial charge in [-0.3, -0.25) is 14.5 Å². The van der Waals surface area contributed by atoms with Gasteiger partial charge < -0.3 is 24.6 Å². The van der Waals surface area contributed by atoms with Crippen molar-refractivity contribution in [1.82, 2.24) is 10.2 Å². The van der Waals surface area contributed by atoms with Crippen LogP contribution in [0.25, 0.3) is 0 Å². The normalized spacial score (nSPS) is 22.4. The highest BCUT2D eigenvalue weighted by Crippen LogP contribution is 2.42. The van der Waals surface area contributed by atoms with Crippen molar-refractivity contribution in [2.75, 3.05) is 18.5 Å². The summed E-state index contributed by atoms with van der Waals surface area (Å²) in [7, 11) is 2.06. The van der Waals surface area contributed by atoms with Gasteiger partial charge in [0.25, 0.3) is 5.91 Å². The molecule has 0 bridgehead atoms. The molecule has 49 heavy (non-hydrogen) atoms. The molecule has 2 saturated heterocycles. The highest BCUT2D eigenvalue weighted by molar-refractivity contribution is 6.22. The fourth-order valence-electron chi connectivity index (χ4n) is 6.33. The molecule has 0 spiro atoms. The molecule has 2 N–H and O–H groups in total. The fourth-order valence-corrected chi connectivity index (χ4v) is 6.33. The average Bonchev–Trinajstić information content (AvgIpc) is 3.40. The lowest BCUT2D eigenvalue weighted by atomic mass is 9.90. The van der Waals surface area contributed by atoms with E-state index in [2.05, 4.69) is 36.3 Å². The molecule has 2 aliphatic rings. The van der Waals surface area contributed by atoms with Crippen molar-refractivity contribution in [3.63, 3.8) is 0 Å². The van der Waals surface area contributed by atoms with Crippen molar-refractivity contribution in [3.05, 3.63) is 137 Å². The predicted octanol–water partition coefficient (Wildman–Crippen LogP) is 5.66. The third-order valence-corrected chi connectivity index (χ3v) is 8.96. The van der Waals surface area contributed by atoms with Crippen molar-refractivity contribution in [3.8, 4) is 0 Å². The number of alkyl carbamates (subject to hydrolysis) is 1. The molecular formula is C39H41N3O7. The molecular weight excluding hydrogens is 622 g/mol. The van der Waals surface area contributed by atoms with E-state index in [1.807, 2.05) is 78.9 Å². The Hall–Kier alpha value is -4.87. The summed E-state index contributed by atoms with van der Waals surface area (Å²) in [5.74, 6) is -0.995. The average molecular weight is 664 g/mol. The molecule has 0 aliphatic carbocycles. The summed E-state index contributed by atoms with van der Waals surface area (Å²) >= 11 is 0. The highest BCUT2D eigenvalue weighted by atomic mass is 16.7. The zero-order valence-electron chi connectivity index (χ0n) is 27.6. The topological polar surface area (TPSA) is 118 Å². The van der Waals surface area contributed by atoms with E-state index in [0.29, 0.717) is 17.8 Å². The summed E-state index contributed by atoms with van der Waals surface area (Å²) in [6.45, 7) is 3.49. The number of anilines is 1. The summed E-state index contributed by atoms with van der Waals surface area (Å²) in [6.07, 6.45) is -2.28. The minimum atomic E-state index is -1.04. The van der Waals surface area contributed by atoms with E-state index in [1.165, 1.54) is 5.56 Å². The largest absolute Gasteiger partial charge is 0.445 e. The first kappa shape index (κ1) is 34.0. The van der Waals surface area contributed by atoms with Gasteiger partial charge in [-0.05, 0) is 41.4 Å². The van der Waals surface area contributed by atoms with Crippen LogP contribution < -0.4 is 10.2 Å². The van der Waals surface area contributed by atoms with Gasteiger partial charge in [-0.1, -0.05) is 104 Å². The van der Waals surface area contributed by atoms with Crippen molar-refractivity contribution >= 4 is 23.6 Å². The minimum Gasteiger partial charge on any atom is -0.445 e. The first-order valence-corrected chi connectivity index (χ1v) is 16.5. The molecule has 10 heteroatoms. The smallest absolute Gasteiger partial charge is 0.408 e. The highest BCUT2D eigenvalue weighted by Gasteiger charge is 2.42. The zero-order chi connectivity index (χ0) is 34.3. The van der Waals surface area contributed by atoms with E-state index < -0.39 is 30.2 Å². The molecule has 2 heterocycles. The quantitative estimate of drug-likeness (QED) is 0.198. The van der Waals surface area contributed by atoms with E-state index in [9.17, 15) is 19.5 Å². The van der Waals surface area contributed by atoms with Crippen LogP contribution in [-0.2, 0) is 43.6 Å². The van der Waals surface area contributed by atoms with Crippen LogP contribution in [0.3, 0.4) is 0 Å². The van der Waals surface area contributed by atoms with Gasteiger partial charge in [-0.2, -0.15) is 0 Å². The molecule has 4 aromatic rings. The molecule has 5 unspecified atom stereocenters. The third-order valence-electron chi connectivity index (χ3n) is 8.96. The van der Waals surface area contributed by atoms with Gasteiger partial charge in [-0.15, -0.1) is 0 Å². The maximum absolute atomic E-state index is 13.4. The van der Waals surface area contributed by atoms with Gasteiger partial charge in [0.15, 0.2) is 6.29 Å². The molecule has 6 rings (SSSR count). The Morgan fingerprint density at radius 1 is 0.878 bits per heavy atom. The first-order chi connectivity index (χ1) is 23.8. The van der Waals surface area contributed by atoms with Crippen LogP contribution in [0, 0.1) is 5.92 Å². The number of benzene rings is 4. The summed E-state index contributed by atoms with van der Waals surface area (Å²) in [5.41, 5.74) is 4.79. The number of imide groups is 1. The Bertz CT molecular complexity index is 1730. The lowest BCUT2D eigenvalue weighted by molar-refractivity contribution is -0.276. The SMILES string of the molecule is CC1C(CN(C)Cc2ccccc2)OC(c2cccc(N3C(=O)CC(NC(=O)OCc4ccccc4)C3=O)c2)OC1c1ccc(CO)cc1. The lowest BCUT2D eigenvalue weighted by Gasteiger charge is -2.42. The van der Waals surface area contributed by atoms with E-state index in [4.69, 9.17) is 14.2 Å². The summed E-state index contributed by atoms with van der Waals surface area (Å²) in [4.78, 5) is 42.3.